The van der Waals surface area contributed by atoms with Crippen LogP contribution in [0.3, 0.4) is 0 Å². The maximum atomic E-state index is 11.3. The van der Waals surface area contributed by atoms with Crippen LogP contribution in [-0.4, -0.2) is 37.5 Å². The molecule has 78 valence electrons. The Bertz CT molecular complexity index is 261. The fourth-order valence-electron chi connectivity index (χ4n) is 1.77. The fraction of sp³-hybridized carbons (Fsp3) is 0.700. The molecular formula is C10H14O4. The zero-order valence-corrected chi connectivity index (χ0v) is 8.19. The molecular weight excluding hydrogens is 184 g/mol. The Morgan fingerprint density at radius 3 is 3.00 bits per heavy atom. The summed E-state index contributed by atoms with van der Waals surface area (Å²) in [7, 11) is 0. The third kappa shape index (κ3) is 1.67. The molecule has 0 saturated carbocycles. The molecule has 0 aromatic heterocycles. The molecule has 1 unspecified atom stereocenters. The van der Waals surface area contributed by atoms with Gasteiger partial charge in [0.05, 0.1) is 12.7 Å². The Hall–Kier alpha value is -0.870. The molecule has 0 N–H and O–H groups in total. The van der Waals surface area contributed by atoms with Crippen LogP contribution in [0.2, 0.25) is 0 Å². The molecule has 0 spiro atoms. The minimum absolute atomic E-state index is 0.0710. The average Bonchev–Trinajstić information content (AvgIpc) is 2.69. The van der Waals surface area contributed by atoms with E-state index in [4.69, 9.17) is 14.2 Å². The quantitative estimate of drug-likeness (QED) is 0.483. The van der Waals surface area contributed by atoms with Crippen LogP contribution in [0.25, 0.3) is 0 Å². The molecule has 4 heteroatoms. The van der Waals surface area contributed by atoms with E-state index in [0.29, 0.717) is 18.8 Å². The van der Waals surface area contributed by atoms with Crippen molar-refractivity contribution < 1.29 is 19.0 Å². The third-order valence-electron chi connectivity index (χ3n) is 2.53. The largest absolute Gasteiger partial charge is 0.454 e. The average molecular weight is 198 g/mol. The Balaban J connectivity index is 1.93. The minimum atomic E-state index is -0.366. The second kappa shape index (κ2) is 3.71. The van der Waals surface area contributed by atoms with Gasteiger partial charge in [0.2, 0.25) is 0 Å². The van der Waals surface area contributed by atoms with E-state index in [2.05, 4.69) is 6.58 Å². The van der Waals surface area contributed by atoms with Gasteiger partial charge in [-0.1, -0.05) is 6.58 Å². The summed E-state index contributed by atoms with van der Waals surface area (Å²) in [5.74, 6) is -0.366. The van der Waals surface area contributed by atoms with E-state index in [1.165, 1.54) is 0 Å². The van der Waals surface area contributed by atoms with Gasteiger partial charge in [0, 0.05) is 12.2 Å². The van der Waals surface area contributed by atoms with Crippen LogP contribution in [0.15, 0.2) is 12.2 Å². The number of ether oxygens (including phenoxy) is 3. The summed E-state index contributed by atoms with van der Waals surface area (Å²) < 4.78 is 16.1. The van der Waals surface area contributed by atoms with Crippen molar-refractivity contribution in [2.45, 2.75) is 31.7 Å². The molecule has 0 aromatic rings. The topological polar surface area (TPSA) is 44.8 Å². The van der Waals surface area contributed by atoms with Crippen molar-refractivity contribution in [3.05, 3.63) is 12.2 Å². The van der Waals surface area contributed by atoms with Crippen LogP contribution < -0.4 is 0 Å². The second-order valence-electron chi connectivity index (χ2n) is 3.72. The molecule has 0 aliphatic carbocycles. The number of fused-ring (bicyclic) bond motifs is 1. The standard InChI is InChI=1S/C10H14O4/c1-6(2)10(11)14-8-5-13-7-3-4-12-9(7)8/h7-9H,1,3-5H2,2H3/t7-,8?,9+/m1/s1. The van der Waals surface area contributed by atoms with E-state index in [1.807, 2.05) is 0 Å². The number of hydrogen-bond acceptors (Lipinski definition) is 4. The van der Waals surface area contributed by atoms with Crippen molar-refractivity contribution >= 4 is 5.97 Å². The molecule has 0 aromatic carbocycles. The zero-order valence-electron chi connectivity index (χ0n) is 8.19. The van der Waals surface area contributed by atoms with Crippen LogP contribution in [0.1, 0.15) is 13.3 Å². The number of carbonyl (C=O) groups excluding carboxylic acids is 1. The van der Waals surface area contributed by atoms with E-state index in [-0.39, 0.29) is 24.3 Å². The molecule has 2 fully saturated rings. The molecule has 4 nitrogen and oxygen atoms in total. The summed E-state index contributed by atoms with van der Waals surface area (Å²) in [5, 5.41) is 0. The molecule has 2 aliphatic heterocycles. The van der Waals surface area contributed by atoms with Crippen molar-refractivity contribution in [2.24, 2.45) is 0 Å². The molecule has 2 saturated heterocycles. The maximum Gasteiger partial charge on any atom is 0.333 e. The van der Waals surface area contributed by atoms with Crippen molar-refractivity contribution in [2.75, 3.05) is 13.2 Å². The smallest absolute Gasteiger partial charge is 0.333 e. The maximum absolute atomic E-state index is 11.3. The van der Waals surface area contributed by atoms with Gasteiger partial charge in [-0.3, -0.25) is 0 Å². The van der Waals surface area contributed by atoms with Crippen molar-refractivity contribution in [1.82, 2.24) is 0 Å². The first-order valence-electron chi connectivity index (χ1n) is 4.78. The van der Waals surface area contributed by atoms with Crippen molar-refractivity contribution in [1.29, 1.82) is 0 Å². The highest BCUT2D eigenvalue weighted by Gasteiger charge is 2.43. The van der Waals surface area contributed by atoms with Gasteiger partial charge in [-0.15, -0.1) is 0 Å². The highest BCUT2D eigenvalue weighted by atomic mass is 16.6. The predicted octanol–water partition coefficient (Wildman–Crippen LogP) is 0.662. The number of rotatable bonds is 2. The lowest BCUT2D eigenvalue weighted by Crippen LogP contribution is -2.32. The fourth-order valence-corrected chi connectivity index (χ4v) is 1.77. The number of hydrogen-bond donors (Lipinski definition) is 0. The first-order chi connectivity index (χ1) is 6.68. The monoisotopic (exact) mass is 198 g/mol. The molecule has 2 aliphatic rings. The molecule has 0 amide bonds. The zero-order chi connectivity index (χ0) is 10.1. The Morgan fingerprint density at radius 1 is 1.50 bits per heavy atom. The van der Waals surface area contributed by atoms with Gasteiger partial charge in [-0.05, 0) is 13.3 Å². The lowest BCUT2D eigenvalue weighted by molar-refractivity contribution is -0.148. The highest BCUT2D eigenvalue weighted by Crippen LogP contribution is 2.28. The van der Waals surface area contributed by atoms with Gasteiger partial charge in [-0.2, -0.15) is 0 Å². The normalized spacial score (nSPS) is 35.4. The Kier molecular flexibility index (Phi) is 2.56. The van der Waals surface area contributed by atoms with Crippen LogP contribution in [0.5, 0.6) is 0 Å². The molecule has 14 heavy (non-hydrogen) atoms. The lowest BCUT2D eigenvalue weighted by Gasteiger charge is -2.16. The van der Waals surface area contributed by atoms with Gasteiger partial charge in [0.1, 0.15) is 6.10 Å². The van der Waals surface area contributed by atoms with Crippen molar-refractivity contribution in [3.8, 4) is 0 Å². The van der Waals surface area contributed by atoms with Gasteiger partial charge in [0.25, 0.3) is 0 Å². The van der Waals surface area contributed by atoms with Crippen LogP contribution >= 0.6 is 0 Å². The molecule has 2 rings (SSSR count). The number of carbonyl (C=O) groups is 1. The summed E-state index contributed by atoms with van der Waals surface area (Å²) in [6, 6.07) is 0. The first kappa shape index (κ1) is 9.68. The summed E-state index contributed by atoms with van der Waals surface area (Å²) >= 11 is 0. The van der Waals surface area contributed by atoms with E-state index in [1.54, 1.807) is 6.92 Å². The summed E-state index contributed by atoms with van der Waals surface area (Å²) in [6.45, 7) is 6.29. The van der Waals surface area contributed by atoms with Gasteiger partial charge in [0.15, 0.2) is 6.10 Å². The van der Waals surface area contributed by atoms with Crippen LogP contribution in [0, 0.1) is 0 Å². The molecule has 0 bridgehead atoms. The Morgan fingerprint density at radius 2 is 2.29 bits per heavy atom. The van der Waals surface area contributed by atoms with E-state index >= 15 is 0 Å². The van der Waals surface area contributed by atoms with Gasteiger partial charge in [-0.25, -0.2) is 4.79 Å². The van der Waals surface area contributed by atoms with Crippen molar-refractivity contribution in [3.63, 3.8) is 0 Å². The minimum Gasteiger partial charge on any atom is -0.454 e. The summed E-state index contributed by atoms with van der Waals surface area (Å²) in [4.78, 5) is 11.3. The first-order valence-corrected chi connectivity index (χ1v) is 4.78. The molecule has 2 heterocycles. The third-order valence-corrected chi connectivity index (χ3v) is 2.53. The van der Waals surface area contributed by atoms with E-state index < -0.39 is 0 Å². The van der Waals surface area contributed by atoms with E-state index in [0.717, 1.165) is 6.42 Å². The second-order valence-corrected chi connectivity index (χ2v) is 3.72. The lowest BCUT2D eigenvalue weighted by atomic mass is 10.1. The van der Waals surface area contributed by atoms with E-state index in [9.17, 15) is 4.79 Å². The highest BCUT2D eigenvalue weighted by molar-refractivity contribution is 5.87. The Labute approximate surface area is 82.8 Å². The van der Waals surface area contributed by atoms with Gasteiger partial charge >= 0.3 is 5.97 Å². The van der Waals surface area contributed by atoms with Crippen LogP contribution in [-0.2, 0) is 19.0 Å². The summed E-state index contributed by atoms with van der Waals surface area (Å²) in [6.07, 6.45) is 0.675. The summed E-state index contributed by atoms with van der Waals surface area (Å²) in [5.41, 5.74) is 0.409. The molecule has 0 radical (unpaired) electrons. The molecule has 3 atom stereocenters. The van der Waals surface area contributed by atoms with Gasteiger partial charge < -0.3 is 14.2 Å². The van der Waals surface area contributed by atoms with Crippen LogP contribution in [0.4, 0.5) is 0 Å². The number of esters is 1. The SMILES string of the molecule is C=C(C)C(=O)OC1CO[C@@H]2CCO[C@H]12. The predicted molar refractivity (Wildman–Crippen MR) is 48.8 cm³/mol.